The first kappa shape index (κ1) is 17.5. The number of nitrogens with one attached hydrogen (secondary N) is 1. The number of carbonyl (C=O) groups is 1. The van der Waals surface area contributed by atoms with Gasteiger partial charge in [0.05, 0.1) is 0 Å². The SMILES string of the molecule is CCC(C)(C)C(=O)Nc1ccc(S(O)(=C=O)=C(C)C)cc1. The van der Waals surface area contributed by atoms with Crippen LogP contribution in [0.25, 0.3) is 0 Å². The highest BCUT2D eigenvalue weighted by Crippen LogP contribution is 2.33. The zero-order valence-corrected chi connectivity index (χ0v) is 14.0. The van der Waals surface area contributed by atoms with Crippen LogP contribution in [0.3, 0.4) is 0 Å². The molecule has 0 aliphatic rings. The van der Waals surface area contributed by atoms with Crippen LogP contribution in [0, 0.1) is 5.41 Å². The topological polar surface area (TPSA) is 66.4 Å². The molecule has 0 aromatic heterocycles. The lowest BCUT2D eigenvalue weighted by Crippen LogP contribution is -2.29. The lowest BCUT2D eigenvalue weighted by Gasteiger charge is -2.21. The Labute approximate surface area is 126 Å². The normalized spacial score (nSPS) is 14.0. The Morgan fingerprint density at radius 1 is 1.29 bits per heavy atom. The number of amides is 1. The molecule has 116 valence electrons. The number of hydrogen-bond acceptors (Lipinski definition) is 3. The summed E-state index contributed by atoms with van der Waals surface area (Å²) in [6.45, 7) is 9.15. The Morgan fingerprint density at radius 2 is 1.81 bits per heavy atom. The van der Waals surface area contributed by atoms with Crippen molar-refractivity contribution < 1.29 is 14.1 Å². The maximum absolute atomic E-state index is 12.1. The quantitative estimate of drug-likeness (QED) is 0.827. The largest absolute Gasteiger partial charge is 0.330 e. The van der Waals surface area contributed by atoms with E-state index >= 15 is 0 Å². The Kier molecular flexibility index (Phi) is 5.40. The van der Waals surface area contributed by atoms with Crippen molar-refractivity contribution >= 4 is 31.2 Å². The summed E-state index contributed by atoms with van der Waals surface area (Å²) in [5.74, 6) is -0.0551. The van der Waals surface area contributed by atoms with Gasteiger partial charge in [0.15, 0.2) is 5.23 Å². The molecule has 1 rings (SSSR count). The standard InChI is InChI=1S/C16H23NO3S/c1-6-16(4,5)15(19)17-13-7-9-14(10-8-13)21(20,11-18)12(2)3/h7-10,20H,6H2,1-5H3,(H,17,19). The van der Waals surface area contributed by atoms with E-state index in [2.05, 4.69) is 5.32 Å². The van der Waals surface area contributed by atoms with E-state index in [9.17, 15) is 14.1 Å². The monoisotopic (exact) mass is 309 g/mol. The van der Waals surface area contributed by atoms with Crippen LogP contribution in [0.15, 0.2) is 29.2 Å². The van der Waals surface area contributed by atoms with Crippen molar-refractivity contribution in [2.45, 2.75) is 45.9 Å². The van der Waals surface area contributed by atoms with Gasteiger partial charge in [0.2, 0.25) is 5.91 Å². The van der Waals surface area contributed by atoms with Crippen molar-refractivity contribution in [1.82, 2.24) is 0 Å². The van der Waals surface area contributed by atoms with E-state index in [1.165, 1.54) is 0 Å². The Hall–Kier alpha value is -1.55. The van der Waals surface area contributed by atoms with E-state index in [-0.39, 0.29) is 5.91 Å². The second-order valence-corrected chi connectivity index (χ2v) is 8.40. The third-order valence-electron chi connectivity index (χ3n) is 3.66. The van der Waals surface area contributed by atoms with Gasteiger partial charge >= 0.3 is 0 Å². The molecule has 0 fully saturated rings. The molecule has 1 atom stereocenters. The highest BCUT2D eigenvalue weighted by atomic mass is 32.2. The molecule has 1 aromatic rings. The summed E-state index contributed by atoms with van der Waals surface area (Å²) in [6, 6.07) is 6.69. The zero-order chi connectivity index (χ0) is 16.3. The fraction of sp³-hybridized carbons (Fsp3) is 0.438. The molecule has 0 aliphatic heterocycles. The van der Waals surface area contributed by atoms with Crippen LogP contribution in [-0.4, -0.2) is 20.6 Å². The van der Waals surface area contributed by atoms with E-state index < -0.39 is 14.9 Å². The van der Waals surface area contributed by atoms with Crippen LogP contribution in [-0.2, 0) is 9.59 Å². The van der Waals surface area contributed by atoms with Crippen molar-refractivity contribution in [1.29, 1.82) is 0 Å². The van der Waals surface area contributed by atoms with E-state index in [0.717, 1.165) is 6.42 Å². The average molecular weight is 309 g/mol. The van der Waals surface area contributed by atoms with Crippen LogP contribution >= 0.6 is 9.49 Å². The van der Waals surface area contributed by atoms with E-state index in [0.29, 0.717) is 15.4 Å². The number of anilines is 1. The fourth-order valence-corrected chi connectivity index (χ4v) is 2.83. The van der Waals surface area contributed by atoms with Crippen LogP contribution in [0.2, 0.25) is 0 Å². The van der Waals surface area contributed by atoms with Crippen LogP contribution < -0.4 is 5.32 Å². The average Bonchev–Trinajstić information content (AvgIpc) is 2.46. The van der Waals surface area contributed by atoms with E-state index in [1.54, 1.807) is 43.3 Å². The molecule has 0 radical (unpaired) electrons. The molecule has 21 heavy (non-hydrogen) atoms. The summed E-state index contributed by atoms with van der Waals surface area (Å²) < 4.78 is 10.3. The number of rotatable bonds is 4. The highest BCUT2D eigenvalue weighted by molar-refractivity contribution is 8.25. The second kappa shape index (κ2) is 6.48. The Bertz CT molecular complexity index is 670. The second-order valence-electron chi connectivity index (χ2n) is 5.79. The summed E-state index contributed by atoms with van der Waals surface area (Å²) in [7, 11) is -2.65. The minimum absolute atomic E-state index is 0.0551. The molecular weight excluding hydrogens is 286 g/mol. The van der Waals surface area contributed by atoms with E-state index in [4.69, 9.17) is 0 Å². The number of hydrogen-bond donors (Lipinski definition) is 2. The first-order chi connectivity index (χ1) is 9.67. The van der Waals surface area contributed by atoms with Gasteiger partial charge < -0.3 is 9.87 Å². The molecule has 0 saturated carbocycles. The lowest BCUT2D eigenvalue weighted by atomic mass is 9.89. The maximum atomic E-state index is 12.1. The van der Waals surface area contributed by atoms with Crippen molar-refractivity contribution in [2.24, 2.45) is 5.41 Å². The zero-order valence-electron chi connectivity index (χ0n) is 13.2. The van der Waals surface area contributed by atoms with Gasteiger partial charge in [-0.15, -0.1) is 0 Å². The molecule has 4 nitrogen and oxygen atoms in total. The summed E-state index contributed by atoms with van der Waals surface area (Å²) in [5.41, 5.74) is 0.210. The van der Waals surface area contributed by atoms with Crippen molar-refractivity contribution in [3.8, 4) is 0 Å². The van der Waals surface area contributed by atoms with Crippen molar-refractivity contribution in [3.63, 3.8) is 0 Å². The molecule has 0 saturated heterocycles. The van der Waals surface area contributed by atoms with Gasteiger partial charge in [0, 0.05) is 25.5 Å². The molecule has 0 spiro atoms. The Morgan fingerprint density at radius 3 is 2.19 bits per heavy atom. The molecule has 0 heterocycles. The molecule has 0 aliphatic carbocycles. The summed E-state index contributed by atoms with van der Waals surface area (Å²) in [6.07, 6.45) is 0.741. The minimum atomic E-state index is -2.65. The molecule has 5 heteroatoms. The van der Waals surface area contributed by atoms with Gasteiger partial charge in [0.25, 0.3) is 0 Å². The molecule has 1 amide bonds. The maximum Gasteiger partial charge on any atom is 0.230 e. The predicted molar refractivity (Wildman–Crippen MR) is 89.7 cm³/mol. The summed E-state index contributed by atoms with van der Waals surface area (Å²) in [5, 5.41) is 4.59. The van der Waals surface area contributed by atoms with Gasteiger partial charge in [-0.05, 0) is 49.4 Å². The third-order valence-corrected chi connectivity index (χ3v) is 6.04. The Balaban J connectivity index is 3.09. The molecule has 1 aromatic carbocycles. The van der Waals surface area contributed by atoms with Gasteiger partial charge in [-0.3, -0.25) is 4.79 Å². The van der Waals surface area contributed by atoms with Crippen molar-refractivity contribution in [3.05, 3.63) is 24.3 Å². The van der Waals surface area contributed by atoms with E-state index in [1.807, 2.05) is 20.8 Å². The smallest absolute Gasteiger partial charge is 0.230 e. The number of carbonyl (C=O) groups excluding carboxylic acids is 2. The van der Waals surface area contributed by atoms with Gasteiger partial charge in [-0.2, -0.15) is 0 Å². The lowest BCUT2D eigenvalue weighted by molar-refractivity contribution is -0.124. The van der Waals surface area contributed by atoms with Crippen LogP contribution in [0.4, 0.5) is 5.69 Å². The third kappa shape index (κ3) is 3.76. The summed E-state index contributed by atoms with van der Waals surface area (Å²) >= 11 is 0. The minimum Gasteiger partial charge on any atom is -0.330 e. The highest BCUT2D eigenvalue weighted by Gasteiger charge is 2.25. The molecule has 0 bridgehead atoms. The van der Waals surface area contributed by atoms with Gasteiger partial charge in [-0.25, -0.2) is 4.79 Å². The first-order valence-corrected chi connectivity index (χ1v) is 8.43. The van der Waals surface area contributed by atoms with Crippen LogP contribution in [0.1, 0.15) is 41.0 Å². The van der Waals surface area contributed by atoms with Gasteiger partial charge in [-0.1, -0.05) is 20.8 Å². The summed E-state index contributed by atoms with van der Waals surface area (Å²) in [4.78, 5) is 24.3. The van der Waals surface area contributed by atoms with Crippen LogP contribution in [0.5, 0.6) is 0 Å². The first-order valence-electron chi connectivity index (χ1n) is 6.84. The molecule has 2 N–H and O–H groups in total. The molecular formula is C16H23NO3S. The van der Waals surface area contributed by atoms with Gasteiger partial charge in [0.1, 0.15) is 0 Å². The fourth-order valence-electron chi connectivity index (χ4n) is 1.56. The predicted octanol–water partition coefficient (Wildman–Crippen LogP) is 3.98. The number of benzene rings is 1. The molecule has 1 unspecified atom stereocenters. The van der Waals surface area contributed by atoms with Crippen molar-refractivity contribution in [2.75, 3.05) is 5.32 Å².